The molecule has 5 rings (SSSR count). The van der Waals surface area contributed by atoms with Crippen LogP contribution in [0.25, 0.3) is 10.9 Å². The van der Waals surface area contributed by atoms with E-state index in [1.54, 1.807) is 0 Å². The fourth-order valence-electron chi connectivity index (χ4n) is 5.04. The molecule has 2 aromatic heterocycles. The van der Waals surface area contributed by atoms with Gasteiger partial charge in [0.25, 0.3) is 5.91 Å². The second kappa shape index (κ2) is 8.00. The van der Waals surface area contributed by atoms with Gasteiger partial charge in [0.05, 0.1) is 28.6 Å². The molecule has 0 atom stereocenters. The molecule has 2 aliphatic carbocycles. The number of rotatable bonds is 5. The Morgan fingerprint density at radius 1 is 1.09 bits per heavy atom. The van der Waals surface area contributed by atoms with E-state index in [1.807, 2.05) is 0 Å². The lowest BCUT2D eigenvalue weighted by Gasteiger charge is -2.57. The van der Waals surface area contributed by atoms with E-state index in [9.17, 15) is 31.1 Å². The van der Waals surface area contributed by atoms with Crippen molar-refractivity contribution in [1.82, 2.24) is 9.97 Å². The number of hydrogen-bond acceptors (Lipinski definition) is 3. The summed E-state index contributed by atoms with van der Waals surface area (Å²) in [7, 11) is 0. The third-order valence-corrected chi connectivity index (χ3v) is 6.65. The van der Waals surface area contributed by atoms with Gasteiger partial charge in [0, 0.05) is 29.8 Å². The number of ether oxygens (including phenoxy) is 1. The molecule has 5 nitrogen and oxygen atoms in total. The van der Waals surface area contributed by atoms with E-state index in [-0.39, 0.29) is 39.2 Å². The average molecular weight is 483 g/mol. The number of pyridine rings is 1. The SMILES string of the molecule is O=C(Nc1c[nH]c2cc(F)c(F)cc12)c1cnc(C2CC3(CC(OCC(F)(F)F)C3)C2)c(F)c1. The molecule has 3 aromatic rings. The zero-order valence-electron chi connectivity index (χ0n) is 17.6. The Balaban J connectivity index is 1.20. The third kappa shape index (κ3) is 4.24. The summed E-state index contributed by atoms with van der Waals surface area (Å²) in [5.41, 5.74) is 0.532. The summed E-state index contributed by atoms with van der Waals surface area (Å²) in [6.45, 7) is -1.26. The molecule has 1 aromatic carbocycles. The van der Waals surface area contributed by atoms with Gasteiger partial charge in [-0.25, -0.2) is 13.2 Å². The van der Waals surface area contributed by atoms with Crippen LogP contribution in [-0.2, 0) is 4.74 Å². The molecule has 1 spiro atoms. The van der Waals surface area contributed by atoms with Gasteiger partial charge in [-0.15, -0.1) is 0 Å². The van der Waals surface area contributed by atoms with E-state index in [0.717, 1.165) is 18.2 Å². The Hall–Kier alpha value is -3.08. The third-order valence-electron chi connectivity index (χ3n) is 6.65. The van der Waals surface area contributed by atoms with Gasteiger partial charge >= 0.3 is 6.18 Å². The molecule has 2 fully saturated rings. The van der Waals surface area contributed by atoms with Gasteiger partial charge < -0.3 is 15.0 Å². The Labute approximate surface area is 189 Å². The van der Waals surface area contributed by atoms with Crippen LogP contribution >= 0.6 is 0 Å². The summed E-state index contributed by atoms with van der Waals surface area (Å²) in [4.78, 5) is 19.4. The largest absolute Gasteiger partial charge is 0.411 e. The van der Waals surface area contributed by atoms with Crippen LogP contribution in [0.2, 0.25) is 0 Å². The average Bonchev–Trinajstić information content (AvgIpc) is 3.07. The summed E-state index contributed by atoms with van der Waals surface area (Å²) in [6, 6.07) is 2.98. The zero-order valence-corrected chi connectivity index (χ0v) is 17.6. The van der Waals surface area contributed by atoms with E-state index in [4.69, 9.17) is 4.74 Å². The molecule has 2 aliphatic rings. The van der Waals surface area contributed by atoms with Gasteiger partial charge in [-0.3, -0.25) is 9.78 Å². The first-order valence-corrected chi connectivity index (χ1v) is 10.6. The number of carbonyl (C=O) groups excluding carboxylic acids is 1. The number of fused-ring (bicyclic) bond motifs is 1. The first-order chi connectivity index (χ1) is 16.0. The fourth-order valence-corrected chi connectivity index (χ4v) is 5.04. The van der Waals surface area contributed by atoms with Crippen molar-refractivity contribution in [2.75, 3.05) is 11.9 Å². The van der Waals surface area contributed by atoms with Gasteiger partial charge in [-0.05, 0) is 43.2 Å². The standard InChI is InChI=1S/C23H19F6N3O2/c24-15-2-14-18(3-16(15)25)30-9-19(14)32-21(33)11-1-17(26)20(31-8-11)12-4-22(5-12)6-13(7-22)34-10-23(27,28)29/h1-3,8-9,12-13,30H,4-7,10H2,(H,32,33). The number of hydrogen-bond donors (Lipinski definition) is 2. The summed E-state index contributed by atoms with van der Waals surface area (Å²) in [5.74, 6) is -3.59. The molecule has 0 radical (unpaired) electrons. The molecule has 2 N–H and O–H groups in total. The fraction of sp³-hybridized carbons (Fsp3) is 0.391. The molecule has 2 heterocycles. The minimum atomic E-state index is -4.35. The quantitative estimate of drug-likeness (QED) is 0.449. The highest BCUT2D eigenvalue weighted by atomic mass is 19.4. The van der Waals surface area contributed by atoms with Crippen molar-refractivity contribution in [1.29, 1.82) is 0 Å². The van der Waals surface area contributed by atoms with Gasteiger partial charge in [-0.2, -0.15) is 13.2 Å². The number of nitrogens with zero attached hydrogens (tertiary/aromatic N) is 1. The normalized spacial score (nSPS) is 24.2. The monoisotopic (exact) mass is 483 g/mol. The van der Waals surface area contributed by atoms with Crippen molar-refractivity contribution in [3.05, 3.63) is 59.3 Å². The van der Waals surface area contributed by atoms with Crippen LogP contribution in [-0.4, -0.2) is 34.8 Å². The summed E-state index contributed by atoms with van der Waals surface area (Å²) in [5, 5.41) is 2.79. The summed E-state index contributed by atoms with van der Waals surface area (Å²) in [6.07, 6.45) is 0.0575. The van der Waals surface area contributed by atoms with Crippen molar-refractivity contribution < 1.29 is 35.9 Å². The Bertz CT molecular complexity index is 1260. The lowest BCUT2D eigenvalue weighted by atomic mass is 9.50. The van der Waals surface area contributed by atoms with Crippen LogP contribution in [0.1, 0.15) is 47.7 Å². The lowest BCUT2D eigenvalue weighted by Crippen LogP contribution is -2.51. The number of benzene rings is 1. The maximum absolute atomic E-state index is 14.7. The number of carbonyl (C=O) groups is 1. The first-order valence-electron chi connectivity index (χ1n) is 10.6. The number of halogens is 6. The molecule has 0 aliphatic heterocycles. The summed E-state index contributed by atoms with van der Waals surface area (Å²) >= 11 is 0. The number of aromatic nitrogens is 2. The maximum Gasteiger partial charge on any atom is 0.411 e. The van der Waals surface area contributed by atoms with Crippen LogP contribution in [0, 0.1) is 22.9 Å². The van der Waals surface area contributed by atoms with Crippen molar-refractivity contribution >= 4 is 22.5 Å². The molecular formula is C23H19F6N3O2. The smallest absolute Gasteiger partial charge is 0.369 e. The molecule has 2 saturated carbocycles. The molecule has 0 unspecified atom stereocenters. The second-order valence-corrected chi connectivity index (χ2v) is 9.12. The number of H-pyrrole nitrogens is 1. The van der Waals surface area contributed by atoms with E-state index >= 15 is 0 Å². The molecule has 34 heavy (non-hydrogen) atoms. The summed E-state index contributed by atoms with van der Waals surface area (Å²) < 4.78 is 83.3. The van der Waals surface area contributed by atoms with Gasteiger partial charge in [0.15, 0.2) is 11.6 Å². The number of aromatic amines is 1. The van der Waals surface area contributed by atoms with Gasteiger partial charge in [-0.1, -0.05) is 0 Å². The van der Waals surface area contributed by atoms with Crippen LogP contribution in [0.15, 0.2) is 30.6 Å². The lowest BCUT2D eigenvalue weighted by molar-refractivity contribution is -0.214. The Kier molecular flexibility index (Phi) is 5.34. The van der Waals surface area contributed by atoms with Crippen molar-refractivity contribution in [2.45, 2.75) is 43.9 Å². The van der Waals surface area contributed by atoms with Crippen LogP contribution < -0.4 is 5.32 Å². The molecule has 1 amide bonds. The van der Waals surface area contributed by atoms with E-state index in [0.29, 0.717) is 25.7 Å². The Morgan fingerprint density at radius 3 is 2.47 bits per heavy atom. The highest BCUT2D eigenvalue weighted by Gasteiger charge is 2.54. The second-order valence-electron chi connectivity index (χ2n) is 9.12. The maximum atomic E-state index is 14.7. The van der Waals surface area contributed by atoms with Crippen LogP contribution in [0.4, 0.5) is 32.0 Å². The zero-order chi connectivity index (χ0) is 24.3. The molecule has 180 valence electrons. The minimum Gasteiger partial charge on any atom is -0.369 e. The molecule has 0 saturated heterocycles. The van der Waals surface area contributed by atoms with Crippen LogP contribution in [0.3, 0.4) is 0 Å². The number of anilines is 1. The predicted molar refractivity (Wildman–Crippen MR) is 110 cm³/mol. The van der Waals surface area contributed by atoms with Crippen LogP contribution in [0.5, 0.6) is 0 Å². The predicted octanol–water partition coefficient (Wildman–Crippen LogP) is 5.84. The minimum absolute atomic E-state index is 0.0449. The molecule has 11 heteroatoms. The van der Waals surface area contributed by atoms with E-state index < -0.39 is 42.2 Å². The van der Waals surface area contributed by atoms with Gasteiger partial charge in [0.1, 0.15) is 12.4 Å². The Morgan fingerprint density at radius 2 is 1.79 bits per heavy atom. The number of nitrogens with one attached hydrogen (secondary N) is 2. The van der Waals surface area contributed by atoms with E-state index in [1.165, 1.54) is 12.4 Å². The number of alkyl halides is 3. The highest BCUT2D eigenvalue weighted by Crippen LogP contribution is 2.62. The number of amides is 1. The van der Waals surface area contributed by atoms with Crippen molar-refractivity contribution in [3.8, 4) is 0 Å². The molecule has 0 bridgehead atoms. The highest BCUT2D eigenvalue weighted by molar-refractivity contribution is 6.08. The van der Waals surface area contributed by atoms with Crippen molar-refractivity contribution in [2.24, 2.45) is 5.41 Å². The molecular weight excluding hydrogens is 464 g/mol. The first kappa shape index (κ1) is 22.7. The van der Waals surface area contributed by atoms with Crippen molar-refractivity contribution in [3.63, 3.8) is 0 Å². The topological polar surface area (TPSA) is 67.0 Å². The van der Waals surface area contributed by atoms with E-state index in [2.05, 4.69) is 15.3 Å². The van der Waals surface area contributed by atoms with Gasteiger partial charge in [0.2, 0.25) is 0 Å².